The van der Waals surface area contributed by atoms with Gasteiger partial charge in [-0.05, 0) is 61.7 Å². The second-order valence-electron chi connectivity index (χ2n) is 5.60. The normalized spacial score (nSPS) is 16.6. The van der Waals surface area contributed by atoms with Gasteiger partial charge in [0.1, 0.15) is 11.5 Å². The van der Waals surface area contributed by atoms with Gasteiger partial charge in [0, 0.05) is 6.04 Å². The van der Waals surface area contributed by atoms with Gasteiger partial charge >= 0.3 is 0 Å². The molecule has 0 bridgehead atoms. The minimum Gasteiger partial charge on any atom is -0.457 e. The number of hydrogen-bond donors (Lipinski definition) is 2. The average molecular weight is 319 g/mol. The summed E-state index contributed by atoms with van der Waals surface area (Å²) < 4.78 is 5.89. The van der Waals surface area contributed by atoms with E-state index in [0.717, 1.165) is 43.0 Å². The van der Waals surface area contributed by atoms with Crippen LogP contribution in [0.4, 0.5) is 0 Å². The van der Waals surface area contributed by atoms with Crippen LogP contribution in [-0.4, -0.2) is 13.1 Å². The fraction of sp³-hybridized carbons (Fsp3) is 0.333. The van der Waals surface area contributed by atoms with Crippen LogP contribution in [-0.2, 0) is 0 Å². The fourth-order valence-electron chi connectivity index (χ4n) is 2.89. The third-order valence-electron chi connectivity index (χ3n) is 4.11. The molecule has 1 aliphatic rings. The Balaban J connectivity index is 0.00000176. The lowest BCUT2D eigenvalue weighted by atomic mass is 9.86. The van der Waals surface area contributed by atoms with Crippen LogP contribution in [0.5, 0.6) is 11.5 Å². The number of rotatable bonds is 4. The molecule has 4 heteroatoms. The van der Waals surface area contributed by atoms with Crippen molar-refractivity contribution in [2.75, 3.05) is 13.1 Å². The zero-order valence-electron chi connectivity index (χ0n) is 12.6. The first-order chi connectivity index (χ1) is 10.3. The van der Waals surface area contributed by atoms with E-state index in [4.69, 9.17) is 10.5 Å². The van der Waals surface area contributed by atoms with E-state index in [1.54, 1.807) is 0 Å². The second-order valence-corrected chi connectivity index (χ2v) is 5.60. The summed E-state index contributed by atoms with van der Waals surface area (Å²) in [4.78, 5) is 0. The highest BCUT2D eigenvalue weighted by Crippen LogP contribution is 2.30. The smallest absolute Gasteiger partial charge is 0.127 e. The Hall–Kier alpha value is -1.55. The Morgan fingerprint density at radius 3 is 2.36 bits per heavy atom. The molecule has 3 N–H and O–H groups in total. The van der Waals surface area contributed by atoms with Crippen LogP contribution in [0.1, 0.15) is 24.4 Å². The van der Waals surface area contributed by atoms with Gasteiger partial charge < -0.3 is 15.8 Å². The molecule has 3 rings (SSSR count). The third kappa shape index (κ3) is 4.23. The predicted molar refractivity (Wildman–Crippen MR) is 92.7 cm³/mol. The highest BCUT2D eigenvalue weighted by Gasteiger charge is 2.21. The molecule has 0 unspecified atom stereocenters. The molecule has 2 aromatic rings. The monoisotopic (exact) mass is 318 g/mol. The first-order valence-electron chi connectivity index (χ1n) is 7.62. The van der Waals surface area contributed by atoms with Crippen LogP contribution in [0.15, 0.2) is 54.6 Å². The van der Waals surface area contributed by atoms with Gasteiger partial charge in [0.15, 0.2) is 0 Å². The summed E-state index contributed by atoms with van der Waals surface area (Å²) in [6.07, 6.45) is 2.29. The lowest BCUT2D eigenvalue weighted by Crippen LogP contribution is -2.33. The number of hydrogen-bond acceptors (Lipinski definition) is 3. The van der Waals surface area contributed by atoms with Crippen LogP contribution >= 0.6 is 12.4 Å². The minimum absolute atomic E-state index is 0. The van der Waals surface area contributed by atoms with Gasteiger partial charge in [-0.25, -0.2) is 0 Å². The van der Waals surface area contributed by atoms with E-state index in [-0.39, 0.29) is 18.4 Å². The summed E-state index contributed by atoms with van der Waals surface area (Å²) >= 11 is 0. The third-order valence-corrected chi connectivity index (χ3v) is 4.11. The summed E-state index contributed by atoms with van der Waals surface area (Å²) in [5.41, 5.74) is 7.61. The zero-order chi connectivity index (χ0) is 14.5. The molecule has 0 aromatic heterocycles. The maximum absolute atomic E-state index is 6.45. The SMILES string of the molecule is Cl.N[C@@H](c1cccc(Oc2ccccc2)c1)C1CCNCC1. The first-order valence-corrected chi connectivity index (χ1v) is 7.62. The summed E-state index contributed by atoms with van der Waals surface area (Å²) in [6.45, 7) is 2.14. The van der Waals surface area contributed by atoms with Crippen LogP contribution in [0.25, 0.3) is 0 Å². The Morgan fingerprint density at radius 2 is 1.64 bits per heavy atom. The number of nitrogens with one attached hydrogen (secondary N) is 1. The van der Waals surface area contributed by atoms with E-state index in [9.17, 15) is 0 Å². The van der Waals surface area contributed by atoms with E-state index >= 15 is 0 Å². The molecule has 22 heavy (non-hydrogen) atoms. The Bertz CT molecular complexity index is 570. The van der Waals surface area contributed by atoms with Crippen LogP contribution in [0, 0.1) is 5.92 Å². The number of benzene rings is 2. The van der Waals surface area contributed by atoms with Gasteiger partial charge in [-0.1, -0.05) is 30.3 Å². The fourth-order valence-corrected chi connectivity index (χ4v) is 2.89. The largest absolute Gasteiger partial charge is 0.457 e. The van der Waals surface area contributed by atoms with Crippen molar-refractivity contribution in [1.82, 2.24) is 5.32 Å². The molecule has 0 radical (unpaired) electrons. The Labute approximate surface area is 138 Å². The van der Waals surface area contributed by atoms with Crippen LogP contribution < -0.4 is 15.8 Å². The maximum atomic E-state index is 6.45. The zero-order valence-corrected chi connectivity index (χ0v) is 13.4. The second kappa shape index (κ2) is 8.18. The molecule has 1 saturated heterocycles. The van der Waals surface area contributed by atoms with E-state index < -0.39 is 0 Å². The number of piperidine rings is 1. The highest BCUT2D eigenvalue weighted by molar-refractivity contribution is 5.85. The van der Waals surface area contributed by atoms with Crippen molar-refractivity contribution in [3.05, 3.63) is 60.2 Å². The standard InChI is InChI=1S/C18H22N2O.ClH/c19-18(14-9-11-20-12-10-14)15-5-4-8-17(13-15)21-16-6-2-1-3-7-16;/h1-8,13-14,18,20H,9-12,19H2;1H/t18-;/m1./s1. The number of halogens is 1. The maximum Gasteiger partial charge on any atom is 0.127 e. The van der Waals surface area contributed by atoms with E-state index in [2.05, 4.69) is 17.4 Å². The summed E-state index contributed by atoms with van der Waals surface area (Å²) in [5.74, 6) is 2.26. The Morgan fingerprint density at radius 1 is 0.955 bits per heavy atom. The topological polar surface area (TPSA) is 47.3 Å². The quantitative estimate of drug-likeness (QED) is 0.898. The lowest BCUT2D eigenvalue weighted by molar-refractivity contribution is 0.321. The molecule has 0 amide bonds. The summed E-state index contributed by atoms with van der Waals surface area (Å²) in [5, 5.41) is 3.38. The number of para-hydroxylation sites is 1. The molecule has 0 spiro atoms. The van der Waals surface area contributed by atoms with E-state index in [1.807, 2.05) is 42.5 Å². The summed E-state index contributed by atoms with van der Waals surface area (Å²) in [6, 6.07) is 18.1. The van der Waals surface area contributed by atoms with E-state index in [1.165, 1.54) is 0 Å². The van der Waals surface area contributed by atoms with Gasteiger partial charge in [0.25, 0.3) is 0 Å². The minimum atomic E-state index is 0. The van der Waals surface area contributed by atoms with Gasteiger partial charge in [-0.2, -0.15) is 0 Å². The van der Waals surface area contributed by atoms with Crippen molar-refractivity contribution < 1.29 is 4.74 Å². The molecule has 1 atom stereocenters. The molecule has 1 aliphatic heterocycles. The predicted octanol–water partition coefficient (Wildman–Crippen LogP) is 3.90. The summed E-state index contributed by atoms with van der Waals surface area (Å²) in [7, 11) is 0. The number of nitrogens with two attached hydrogens (primary N) is 1. The first kappa shape index (κ1) is 16.8. The molecule has 1 fully saturated rings. The molecular weight excluding hydrogens is 296 g/mol. The van der Waals surface area contributed by atoms with Gasteiger partial charge in [-0.3, -0.25) is 0 Å². The lowest BCUT2D eigenvalue weighted by Gasteiger charge is -2.28. The van der Waals surface area contributed by atoms with Crippen LogP contribution in [0.3, 0.4) is 0 Å². The molecule has 3 nitrogen and oxygen atoms in total. The van der Waals surface area contributed by atoms with Gasteiger partial charge in [0.05, 0.1) is 0 Å². The number of ether oxygens (including phenoxy) is 1. The van der Waals surface area contributed by atoms with Crippen molar-refractivity contribution in [3.8, 4) is 11.5 Å². The van der Waals surface area contributed by atoms with Crippen molar-refractivity contribution >= 4 is 12.4 Å². The van der Waals surface area contributed by atoms with Crippen LogP contribution in [0.2, 0.25) is 0 Å². The molecular formula is C18H23ClN2O. The highest BCUT2D eigenvalue weighted by atomic mass is 35.5. The van der Waals surface area contributed by atoms with Crippen molar-refractivity contribution in [2.45, 2.75) is 18.9 Å². The molecule has 0 saturated carbocycles. The van der Waals surface area contributed by atoms with Crippen molar-refractivity contribution in [3.63, 3.8) is 0 Å². The van der Waals surface area contributed by atoms with Gasteiger partial charge in [0.2, 0.25) is 0 Å². The van der Waals surface area contributed by atoms with E-state index in [0.29, 0.717) is 5.92 Å². The van der Waals surface area contributed by atoms with Crippen molar-refractivity contribution in [1.29, 1.82) is 0 Å². The molecule has 0 aliphatic carbocycles. The van der Waals surface area contributed by atoms with Gasteiger partial charge in [-0.15, -0.1) is 12.4 Å². The molecule has 118 valence electrons. The molecule has 2 aromatic carbocycles. The Kier molecular flexibility index (Phi) is 6.25. The average Bonchev–Trinajstić information content (AvgIpc) is 2.56. The van der Waals surface area contributed by atoms with Crippen molar-refractivity contribution in [2.24, 2.45) is 11.7 Å². The molecule has 1 heterocycles.